The van der Waals surface area contributed by atoms with Crippen molar-refractivity contribution in [2.45, 2.75) is 17.5 Å². The Bertz CT molecular complexity index is 492. The lowest BCUT2D eigenvalue weighted by molar-refractivity contribution is 0.262. The maximum atomic E-state index is 8.84. The predicted molar refractivity (Wildman–Crippen MR) is 66.4 cm³/mol. The number of tetrazole rings is 1. The first-order chi connectivity index (χ1) is 8.29. The van der Waals surface area contributed by atoms with Gasteiger partial charge in [-0.15, -0.1) is 5.10 Å². The van der Waals surface area contributed by atoms with Crippen molar-refractivity contribution < 1.29 is 5.11 Å². The second-order valence-electron chi connectivity index (χ2n) is 3.21. The molecule has 0 aliphatic carbocycles. The molecule has 6 nitrogen and oxygen atoms in total. The number of aromatic nitrogens is 5. The van der Waals surface area contributed by atoms with E-state index in [1.54, 1.807) is 17.1 Å². The van der Waals surface area contributed by atoms with E-state index in [1.165, 1.54) is 11.8 Å². The first-order valence-electron chi connectivity index (χ1n) is 4.89. The Morgan fingerprint density at radius 3 is 3.06 bits per heavy atom. The zero-order chi connectivity index (χ0) is 12.1. The fourth-order valence-electron chi connectivity index (χ4n) is 1.22. The Hall–Kier alpha value is -0.990. The normalized spacial score (nSPS) is 10.7. The first-order valence-corrected chi connectivity index (χ1v) is 6.66. The highest BCUT2D eigenvalue weighted by Gasteiger charge is 2.06. The van der Waals surface area contributed by atoms with E-state index in [1.807, 2.05) is 6.07 Å². The van der Waals surface area contributed by atoms with Gasteiger partial charge in [0.1, 0.15) is 0 Å². The number of hydrogen-bond acceptors (Lipinski definition) is 6. The molecule has 0 aromatic carbocycles. The molecule has 0 amide bonds. The number of thioether (sulfide) groups is 1. The summed E-state index contributed by atoms with van der Waals surface area (Å²) in [5, 5.41) is 20.8. The summed E-state index contributed by atoms with van der Waals surface area (Å²) < 4.78 is 2.53. The summed E-state index contributed by atoms with van der Waals surface area (Å²) in [6, 6.07) is 2.00. The van der Waals surface area contributed by atoms with E-state index in [-0.39, 0.29) is 6.61 Å². The Labute approximate surface area is 111 Å². The number of hydrogen-bond donors (Lipinski definition) is 1. The van der Waals surface area contributed by atoms with Crippen LogP contribution in [0.5, 0.6) is 0 Å². The smallest absolute Gasteiger partial charge is 0.209 e. The second-order valence-corrected chi connectivity index (χ2v) is 5.07. The fourth-order valence-corrected chi connectivity index (χ4v) is 2.45. The molecule has 1 N–H and O–H groups in total. The largest absolute Gasteiger partial charge is 0.394 e. The molecule has 2 rings (SSSR count). The fraction of sp³-hybridized carbons (Fsp3) is 0.333. The van der Waals surface area contributed by atoms with Gasteiger partial charge in [-0.25, -0.2) is 4.68 Å². The SMILES string of the molecule is OCCn1nnnc1SCc1cncc(Br)c1. The molecule has 17 heavy (non-hydrogen) atoms. The van der Waals surface area contributed by atoms with Crippen LogP contribution in [0.15, 0.2) is 28.1 Å². The minimum Gasteiger partial charge on any atom is -0.394 e. The van der Waals surface area contributed by atoms with Crippen molar-refractivity contribution in [2.75, 3.05) is 6.61 Å². The van der Waals surface area contributed by atoms with Crippen molar-refractivity contribution in [1.29, 1.82) is 0 Å². The van der Waals surface area contributed by atoms with E-state index in [2.05, 4.69) is 36.4 Å². The molecule has 0 aliphatic heterocycles. The maximum Gasteiger partial charge on any atom is 0.209 e. The molecular formula is C9H10BrN5OS. The van der Waals surface area contributed by atoms with Gasteiger partial charge in [-0.05, 0) is 38.0 Å². The number of halogens is 1. The first kappa shape index (κ1) is 12.5. The van der Waals surface area contributed by atoms with Crippen molar-refractivity contribution in [3.05, 3.63) is 28.5 Å². The Kier molecular flexibility index (Phi) is 4.46. The van der Waals surface area contributed by atoms with Gasteiger partial charge in [0.05, 0.1) is 13.2 Å². The molecule has 0 aliphatic rings. The van der Waals surface area contributed by atoms with E-state index >= 15 is 0 Å². The number of nitrogens with zero attached hydrogens (tertiary/aromatic N) is 5. The zero-order valence-corrected chi connectivity index (χ0v) is 11.2. The number of pyridine rings is 1. The molecule has 0 saturated heterocycles. The molecule has 8 heteroatoms. The Balaban J connectivity index is 1.99. The Morgan fingerprint density at radius 2 is 2.29 bits per heavy atom. The van der Waals surface area contributed by atoms with Crippen molar-refractivity contribution in [2.24, 2.45) is 0 Å². The van der Waals surface area contributed by atoms with E-state index in [0.717, 1.165) is 15.8 Å². The number of aliphatic hydroxyl groups is 1. The topological polar surface area (TPSA) is 76.7 Å². The van der Waals surface area contributed by atoms with Crippen LogP contribution in [0.2, 0.25) is 0 Å². The van der Waals surface area contributed by atoms with Gasteiger partial charge in [-0.2, -0.15) is 0 Å². The highest BCUT2D eigenvalue weighted by molar-refractivity contribution is 9.10. The maximum absolute atomic E-state index is 8.84. The second kappa shape index (κ2) is 6.08. The van der Waals surface area contributed by atoms with Crippen LogP contribution in [-0.4, -0.2) is 36.9 Å². The third kappa shape index (κ3) is 3.48. The van der Waals surface area contributed by atoms with Crippen LogP contribution >= 0.6 is 27.7 Å². The third-order valence-electron chi connectivity index (χ3n) is 1.94. The minimum atomic E-state index is 0.0248. The molecule has 0 unspecified atom stereocenters. The molecule has 0 spiro atoms. The molecular weight excluding hydrogens is 306 g/mol. The van der Waals surface area contributed by atoms with E-state index in [4.69, 9.17) is 5.11 Å². The summed E-state index contributed by atoms with van der Waals surface area (Å²) in [6.07, 6.45) is 3.54. The molecule has 0 fully saturated rings. The zero-order valence-electron chi connectivity index (χ0n) is 8.82. The van der Waals surface area contributed by atoms with E-state index in [9.17, 15) is 0 Å². The average molecular weight is 316 g/mol. The standard InChI is InChI=1S/C9H10BrN5OS/c10-8-3-7(4-11-5-8)6-17-9-12-13-14-15(9)1-2-16/h3-5,16H,1-2,6H2. The lowest BCUT2D eigenvalue weighted by atomic mass is 10.3. The molecule has 2 aromatic rings. The van der Waals surface area contributed by atoms with Crippen LogP contribution in [-0.2, 0) is 12.3 Å². The average Bonchev–Trinajstić information content (AvgIpc) is 2.75. The molecule has 2 heterocycles. The predicted octanol–water partition coefficient (Wildman–Crippen LogP) is 1.12. The molecule has 90 valence electrons. The molecule has 0 radical (unpaired) electrons. The lowest BCUT2D eigenvalue weighted by Crippen LogP contribution is -2.05. The van der Waals surface area contributed by atoms with Crippen LogP contribution in [0, 0.1) is 0 Å². The van der Waals surface area contributed by atoms with Gasteiger partial charge < -0.3 is 5.11 Å². The summed E-state index contributed by atoms with van der Waals surface area (Å²) in [7, 11) is 0. The monoisotopic (exact) mass is 315 g/mol. The van der Waals surface area contributed by atoms with Gasteiger partial charge in [-0.1, -0.05) is 11.8 Å². The van der Waals surface area contributed by atoms with Gasteiger partial charge in [0.25, 0.3) is 0 Å². The summed E-state index contributed by atoms with van der Waals surface area (Å²) in [5.74, 6) is 0.734. The lowest BCUT2D eigenvalue weighted by Gasteiger charge is -2.02. The van der Waals surface area contributed by atoms with Gasteiger partial charge in [0, 0.05) is 22.6 Å². The van der Waals surface area contributed by atoms with E-state index in [0.29, 0.717) is 11.7 Å². The van der Waals surface area contributed by atoms with E-state index < -0.39 is 0 Å². The number of aliphatic hydroxyl groups excluding tert-OH is 1. The van der Waals surface area contributed by atoms with Gasteiger partial charge in [0.2, 0.25) is 5.16 Å². The number of rotatable bonds is 5. The van der Waals surface area contributed by atoms with Crippen LogP contribution in [0.25, 0.3) is 0 Å². The van der Waals surface area contributed by atoms with Crippen LogP contribution in [0.1, 0.15) is 5.56 Å². The van der Waals surface area contributed by atoms with Crippen LogP contribution < -0.4 is 0 Å². The van der Waals surface area contributed by atoms with Crippen molar-refractivity contribution in [3.63, 3.8) is 0 Å². The van der Waals surface area contributed by atoms with Gasteiger partial charge in [-0.3, -0.25) is 4.98 Å². The third-order valence-corrected chi connectivity index (χ3v) is 3.40. The Morgan fingerprint density at radius 1 is 1.41 bits per heavy atom. The quantitative estimate of drug-likeness (QED) is 0.833. The van der Waals surface area contributed by atoms with Gasteiger partial charge in [0.15, 0.2) is 0 Å². The van der Waals surface area contributed by atoms with Crippen molar-refractivity contribution >= 4 is 27.7 Å². The molecule has 0 saturated carbocycles. The van der Waals surface area contributed by atoms with Crippen LogP contribution in [0.4, 0.5) is 0 Å². The van der Waals surface area contributed by atoms with Crippen molar-refractivity contribution in [1.82, 2.24) is 25.2 Å². The highest BCUT2D eigenvalue weighted by Crippen LogP contribution is 2.20. The van der Waals surface area contributed by atoms with Crippen molar-refractivity contribution in [3.8, 4) is 0 Å². The summed E-state index contributed by atoms with van der Waals surface area (Å²) in [5.41, 5.74) is 1.09. The summed E-state index contributed by atoms with van der Waals surface area (Å²) >= 11 is 4.88. The highest BCUT2D eigenvalue weighted by atomic mass is 79.9. The summed E-state index contributed by atoms with van der Waals surface area (Å²) in [4.78, 5) is 4.08. The molecule has 2 aromatic heterocycles. The van der Waals surface area contributed by atoms with Gasteiger partial charge >= 0.3 is 0 Å². The molecule has 0 bridgehead atoms. The summed E-state index contributed by atoms with van der Waals surface area (Å²) in [6.45, 7) is 0.434. The van der Waals surface area contributed by atoms with Crippen LogP contribution in [0.3, 0.4) is 0 Å². The minimum absolute atomic E-state index is 0.0248. The molecule has 0 atom stereocenters.